The lowest BCUT2D eigenvalue weighted by Crippen LogP contribution is -2.63. The summed E-state index contributed by atoms with van der Waals surface area (Å²) in [5.41, 5.74) is 2.21. The van der Waals surface area contributed by atoms with E-state index in [1.165, 1.54) is 43.1 Å². The number of amides is 4. The number of thioether (sulfide) groups is 2. The smallest absolute Gasteiger partial charge is 0.234 e. The van der Waals surface area contributed by atoms with Crippen molar-refractivity contribution < 1.29 is 19.2 Å². The molecule has 226 valence electrons. The van der Waals surface area contributed by atoms with Gasteiger partial charge in [0.05, 0.1) is 47.6 Å². The number of allylic oxidation sites excluding steroid dienone is 4. The lowest BCUT2D eigenvalue weighted by Gasteiger charge is -2.60. The highest BCUT2D eigenvalue weighted by molar-refractivity contribution is 8.04. The number of hydrogen-bond acceptors (Lipinski definition) is 8. The normalized spacial score (nSPS) is 48.2. The zero-order valence-corrected chi connectivity index (χ0v) is 26.4. The number of likely N-dealkylation sites (tertiary alicyclic amines) is 2. The predicted octanol–water partition coefficient (Wildman–Crippen LogP) is 4.82. The molecule has 8 nitrogen and oxygen atoms in total. The maximum atomic E-state index is 14.2. The number of hydrogen-bond donors (Lipinski definition) is 0. The highest BCUT2D eigenvalue weighted by atomic mass is 32.2. The fourth-order valence-electron chi connectivity index (χ4n) is 10.7. The molecule has 0 N–H and O–H groups in total. The van der Waals surface area contributed by atoms with Crippen molar-refractivity contribution in [2.45, 2.75) is 63.1 Å². The van der Waals surface area contributed by atoms with Gasteiger partial charge in [0.25, 0.3) is 0 Å². The van der Waals surface area contributed by atoms with Crippen LogP contribution in [-0.4, -0.2) is 44.2 Å². The minimum Gasteiger partial charge on any atom is -0.274 e. The van der Waals surface area contributed by atoms with Crippen molar-refractivity contribution in [3.63, 3.8) is 0 Å². The van der Waals surface area contributed by atoms with Crippen molar-refractivity contribution in [2.24, 2.45) is 71.0 Å². The molecular weight excluding hydrogens is 593 g/mol. The third-order valence-electron chi connectivity index (χ3n) is 12.6. The molecule has 4 fully saturated rings. The Morgan fingerprint density at radius 3 is 1.43 bits per heavy atom. The monoisotopic (exact) mass is 626 g/mol. The molecule has 10 rings (SSSR count). The summed E-state index contributed by atoms with van der Waals surface area (Å²) in [5.74, 6) is -3.74. The highest BCUT2D eigenvalue weighted by Crippen LogP contribution is 2.69. The van der Waals surface area contributed by atoms with Gasteiger partial charge in [-0.25, -0.2) is 0 Å². The lowest BCUT2D eigenvalue weighted by molar-refractivity contribution is -0.166. The van der Waals surface area contributed by atoms with Crippen molar-refractivity contribution in [2.75, 3.05) is 0 Å². The van der Waals surface area contributed by atoms with Crippen LogP contribution in [0.15, 0.2) is 33.1 Å². The van der Waals surface area contributed by atoms with E-state index in [0.29, 0.717) is 11.8 Å². The molecule has 10 aliphatic rings. The van der Waals surface area contributed by atoms with E-state index in [2.05, 4.69) is 26.0 Å². The molecule has 0 radical (unpaired) electrons. The zero-order valence-electron chi connectivity index (χ0n) is 24.7. The molecular formula is C34H34N4O4S2. The van der Waals surface area contributed by atoms with Crippen LogP contribution in [0, 0.1) is 93.7 Å². The highest BCUT2D eigenvalue weighted by Gasteiger charge is 2.76. The molecule has 44 heavy (non-hydrogen) atoms. The Kier molecular flexibility index (Phi) is 5.85. The van der Waals surface area contributed by atoms with Crippen LogP contribution in [0.2, 0.25) is 0 Å². The summed E-state index contributed by atoms with van der Waals surface area (Å²) in [6.07, 6.45) is 9.65. The first-order valence-electron chi connectivity index (χ1n) is 16.2. The first-order valence-corrected chi connectivity index (χ1v) is 18.0. The first kappa shape index (κ1) is 27.5. The van der Waals surface area contributed by atoms with Gasteiger partial charge in [-0.2, -0.15) is 10.5 Å². The second-order valence-corrected chi connectivity index (χ2v) is 17.1. The van der Waals surface area contributed by atoms with Crippen LogP contribution in [0.5, 0.6) is 0 Å². The summed E-state index contributed by atoms with van der Waals surface area (Å²) in [7, 11) is 0. The SMILES string of the molecule is C[C@H]1CCC2=C(C1)[C@@H](C#N)[C@H](N1C(=O)[C@@H]3[C@@H]4C=C[C@@H]([C@@H]3C1=O)[C@H]1[C@H]3C(=O)N([C@H]5SC6=C(C[C@@H](C)CC6)[C@H]5C#N)C(=O)[C@@H]3[C@H]41)S2. The molecule has 4 heterocycles. The van der Waals surface area contributed by atoms with Gasteiger partial charge < -0.3 is 0 Å². The molecule has 0 unspecified atom stereocenters. The minimum atomic E-state index is -0.545. The molecule has 6 aliphatic carbocycles. The van der Waals surface area contributed by atoms with Gasteiger partial charge in [0.2, 0.25) is 23.6 Å². The fourth-order valence-corrected chi connectivity index (χ4v) is 13.9. The molecule has 2 bridgehead atoms. The Morgan fingerprint density at radius 1 is 0.659 bits per heavy atom. The molecule has 2 saturated heterocycles. The van der Waals surface area contributed by atoms with E-state index in [-0.39, 0.29) is 47.3 Å². The maximum Gasteiger partial charge on any atom is 0.234 e. The summed E-state index contributed by atoms with van der Waals surface area (Å²) < 4.78 is 0. The largest absolute Gasteiger partial charge is 0.274 e. The molecule has 4 amide bonds. The molecule has 2 saturated carbocycles. The number of carbonyl (C=O) groups excluding carboxylic acids is 4. The number of rotatable bonds is 2. The average molecular weight is 627 g/mol. The predicted molar refractivity (Wildman–Crippen MR) is 162 cm³/mol. The van der Waals surface area contributed by atoms with E-state index in [0.717, 1.165) is 49.7 Å². The number of imide groups is 2. The first-order chi connectivity index (χ1) is 21.2. The molecule has 10 heteroatoms. The number of nitriles is 2. The minimum absolute atomic E-state index is 0.154. The van der Waals surface area contributed by atoms with E-state index >= 15 is 0 Å². The zero-order chi connectivity index (χ0) is 30.3. The second kappa shape index (κ2) is 9.36. The Bertz CT molecular complexity index is 1580. The molecule has 0 spiro atoms. The summed E-state index contributed by atoms with van der Waals surface area (Å²) >= 11 is 3.07. The standard InChI is InChI=1S/C34H34N4O4S2/c1-13-3-7-21-17(9-13)19(11-35)33(43-21)37-29(39)25-15-5-6-16(26(25)30(37)40)24-23(15)27-28(24)32(42)38(31(27)41)34-20(12-36)18-10-14(2)4-8-22(18)44-34/h5-6,13-16,19-20,23-28,33-34H,3-4,7-10H2,1-2H3/t13-,14-,15+,16+,19+,20+,23+,24+,25-,26+,27+,28+,33+,34-/m0/s1. The second-order valence-electron chi connectivity index (χ2n) is 14.7. The van der Waals surface area contributed by atoms with Crippen LogP contribution >= 0.6 is 23.5 Å². The van der Waals surface area contributed by atoms with Crippen LogP contribution in [0.1, 0.15) is 52.4 Å². The fraction of sp³-hybridized carbons (Fsp3) is 0.647. The number of carbonyl (C=O) groups is 4. The molecule has 0 aromatic heterocycles. The van der Waals surface area contributed by atoms with Crippen LogP contribution in [-0.2, 0) is 19.2 Å². The topological polar surface area (TPSA) is 122 Å². The van der Waals surface area contributed by atoms with Crippen molar-refractivity contribution in [1.29, 1.82) is 10.5 Å². The number of fused-ring (bicyclic) bond motifs is 1. The molecule has 14 atom stereocenters. The van der Waals surface area contributed by atoms with Crippen LogP contribution in [0.25, 0.3) is 0 Å². The summed E-state index contributed by atoms with van der Waals surface area (Å²) in [6.45, 7) is 4.38. The third-order valence-corrected chi connectivity index (χ3v) is 15.6. The van der Waals surface area contributed by atoms with Gasteiger partial charge in [-0.3, -0.25) is 29.0 Å². The van der Waals surface area contributed by atoms with Gasteiger partial charge in [-0.05, 0) is 95.0 Å². The van der Waals surface area contributed by atoms with Crippen molar-refractivity contribution in [3.05, 3.63) is 33.1 Å². The average Bonchev–Trinajstić information content (AvgIpc) is 3.66. The van der Waals surface area contributed by atoms with E-state index in [9.17, 15) is 29.7 Å². The maximum absolute atomic E-state index is 14.2. The quantitative estimate of drug-likeness (QED) is 0.316. The Hall–Kier alpha value is -2.82. The van der Waals surface area contributed by atoms with Crippen LogP contribution in [0.4, 0.5) is 0 Å². The van der Waals surface area contributed by atoms with E-state index < -0.39 is 46.3 Å². The van der Waals surface area contributed by atoms with Crippen molar-refractivity contribution >= 4 is 47.2 Å². The Labute approximate surface area is 265 Å². The summed E-state index contributed by atoms with van der Waals surface area (Å²) in [5, 5.41) is 19.3. The van der Waals surface area contributed by atoms with Gasteiger partial charge in [-0.15, -0.1) is 23.5 Å². The third kappa shape index (κ3) is 3.27. The van der Waals surface area contributed by atoms with Crippen LogP contribution in [0.3, 0.4) is 0 Å². The van der Waals surface area contributed by atoms with Gasteiger partial charge >= 0.3 is 0 Å². The van der Waals surface area contributed by atoms with Crippen molar-refractivity contribution in [1.82, 2.24) is 9.80 Å². The van der Waals surface area contributed by atoms with Gasteiger partial charge in [0.1, 0.15) is 10.7 Å². The number of nitrogens with zero attached hydrogens (tertiary/aromatic N) is 4. The summed E-state index contributed by atoms with van der Waals surface area (Å²) in [4.78, 5) is 61.9. The Balaban J connectivity index is 1.00. The van der Waals surface area contributed by atoms with E-state index in [1.54, 1.807) is 0 Å². The Morgan fingerprint density at radius 2 is 1.05 bits per heavy atom. The van der Waals surface area contributed by atoms with Gasteiger partial charge in [0, 0.05) is 0 Å². The van der Waals surface area contributed by atoms with Gasteiger partial charge in [0.15, 0.2) is 0 Å². The van der Waals surface area contributed by atoms with Crippen molar-refractivity contribution in [3.8, 4) is 12.1 Å². The van der Waals surface area contributed by atoms with E-state index in [1.807, 2.05) is 12.2 Å². The van der Waals surface area contributed by atoms with Crippen LogP contribution < -0.4 is 0 Å². The lowest BCUT2D eigenvalue weighted by atomic mass is 9.40. The molecule has 0 aromatic carbocycles. The molecule has 4 aliphatic heterocycles. The molecule has 0 aromatic rings. The van der Waals surface area contributed by atoms with Gasteiger partial charge in [-0.1, -0.05) is 26.0 Å². The summed E-state index contributed by atoms with van der Waals surface area (Å²) in [6, 6.07) is 4.88. The van der Waals surface area contributed by atoms with E-state index in [4.69, 9.17) is 0 Å².